The summed E-state index contributed by atoms with van der Waals surface area (Å²) >= 11 is 0. The Labute approximate surface area is 87.1 Å². The molecule has 3 nitrogen and oxygen atoms in total. The molecular weight excluding hydrogens is 176 g/mol. The molecule has 0 N–H and O–H groups in total. The van der Waals surface area contributed by atoms with Crippen LogP contribution in [0.3, 0.4) is 0 Å². The van der Waals surface area contributed by atoms with Crippen molar-refractivity contribution in [2.75, 3.05) is 33.2 Å². The summed E-state index contributed by atoms with van der Waals surface area (Å²) in [5.74, 6) is 0.900. The van der Waals surface area contributed by atoms with Crippen LogP contribution in [0.2, 0.25) is 0 Å². The Bertz CT molecular complexity index is 203. The second-order valence-corrected chi connectivity index (χ2v) is 4.75. The lowest BCUT2D eigenvalue weighted by molar-refractivity contribution is -0.119. The van der Waals surface area contributed by atoms with E-state index in [1.165, 1.54) is 0 Å². The first-order valence-corrected chi connectivity index (χ1v) is 5.42. The zero-order chi connectivity index (χ0) is 10.7. The maximum absolute atomic E-state index is 11.1. The molecule has 1 heterocycles. The van der Waals surface area contributed by atoms with Crippen molar-refractivity contribution in [1.29, 1.82) is 0 Å². The Kier molecular flexibility index (Phi) is 4.08. The van der Waals surface area contributed by atoms with Crippen LogP contribution in [0.5, 0.6) is 0 Å². The fraction of sp³-hybridized carbons (Fsp3) is 0.909. The molecule has 1 saturated heterocycles. The largest absolute Gasteiger partial charge is 0.304 e. The normalized spacial score (nSPS) is 25.6. The molecule has 14 heavy (non-hydrogen) atoms. The predicted molar refractivity (Wildman–Crippen MR) is 58.4 cm³/mol. The number of hydrogen-bond donors (Lipinski definition) is 0. The van der Waals surface area contributed by atoms with E-state index >= 15 is 0 Å². The van der Waals surface area contributed by atoms with Crippen LogP contribution in [0.4, 0.5) is 0 Å². The molecule has 1 unspecified atom stereocenters. The first-order valence-electron chi connectivity index (χ1n) is 5.42. The van der Waals surface area contributed by atoms with Gasteiger partial charge in [-0.3, -0.25) is 9.69 Å². The molecule has 82 valence electrons. The van der Waals surface area contributed by atoms with Gasteiger partial charge in [0.15, 0.2) is 0 Å². The zero-order valence-electron chi connectivity index (χ0n) is 9.79. The van der Waals surface area contributed by atoms with Crippen molar-refractivity contribution < 1.29 is 4.79 Å². The molecule has 0 aliphatic carbocycles. The summed E-state index contributed by atoms with van der Waals surface area (Å²) in [6, 6.07) is 0.539. The van der Waals surface area contributed by atoms with E-state index < -0.39 is 0 Å². The molecule has 0 spiro atoms. The molecule has 0 aromatic heterocycles. The van der Waals surface area contributed by atoms with Crippen molar-refractivity contribution in [3.8, 4) is 0 Å². The molecular formula is C11H22N2O. The van der Waals surface area contributed by atoms with E-state index in [1.54, 1.807) is 6.92 Å². The van der Waals surface area contributed by atoms with Crippen molar-refractivity contribution in [1.82, 2.24) is 9.80 Å². The first kappa shape index (κ1) is 11.7. The molecule has 0 amide bonds. The van der Waals surface area contributed by atoms with Gasteiger partial charge in [0.05, 0.1) is 6.54 Å². The SMILES string of the molecule is CC(=O)CN1CCN(C)CC1C(C)C. The van der Waals surface area contributed by atoms with E-state index in [0.29, 0.717) is 18.5 Å². The van der Waals surface area contributed by atoms with E-state index in [9.17, 15) is 4.79 Å². The lowest BCUT2D eigenvalue weighted by atomic mass is 9.99. The van der Waals surface area contributed by atoms with Crippen LogP contribution in [-0.4, -0.2) is 54.9 Å². The third-order valence-corrected chi connectivity index (χ3v) is 2.93. The second-order valence-electron chi connectivity index (χ2n) is 4.75. The van der Waals surface area contributed by atoms with Crippen LogP contribution >= 0.6 is 0 Å². The summed E-state index contributed by atoms with van der Waals surface area (Å²) < 4.78 is 0. The predicted octanol–water partition coefficient (Wildman–Crippen LogP) is 0.847. The van der Waals surface area contributed by atoms with Crippen LogP contribution in [0.1, 0.15) is 20.8 Å². The molecule has 0 bridgehead atoms. The van der Waals surface area contributed by atoms with Gasteiger partial charge in [-0.1, -0.05) is 13.8 Å². The average molecular weight is 198 g/mol. The van der Waals surface area contributed by atoms with Gasteiger partial charge in [0.25, 0.3) is 0 Å². The molecule has 1 rings (SSSR count). The monoisotopic (exact) mass is 198 g/mol. The van der Waals surface area contributed by atoms with Crippen molar-refractivity contribution in [3.05, 3.63) is 0 Å². The highest BCUT2D eigenvalue weighted by Crippen LogP contribution is 2.15. The standard InChI is InChI=1S/C11H22N2O/c1-9(2)11-8-12(4)5-6-13(11)7-10(3)14/h9,11H,5-8H2,1-4H3. The van der Waals surface area contributed by atoms with Crippen LogP contribution in [0.15, 0.2) is 0 Å². The van der Waals surface area contributed by atoms with Crippen molar-refractivity contribution in [2.24, 2.45) is 5.92 Å². The van der Waals surface area contributed by atoms with Gasteiger partial charge in [0.1, 0.15) is 5.78 Å². The Morgan fingerprint density at radius 2 is 2.07 bits per heavy atom. The van der Waals surface area contributed by atoms with Crippen LogP contribution in [-0.2, 0) is 4.79 Å². The Hall–Kier alpha value is -0.410. The highest BCUT2D eigenvalue weighted by Gasteiger charge is 2.27. The number of nitrogens with zero attached hydrogens (tertiary/aromatic N) is 2. The van der Waals surface area contributed by atoms with Crippen LogP contribution in [0, 0.1) is 5.92 Å². The van der Waals surface area contributed by atoms with E-state index in [-0.39, 0.29) is 5.78 Å². The van der Waals surface area contributed by atoms with Gasteiger partial charge in [-0.05, 0) is 19.9 Å². The van der Waals surface area contributed by atoms with Gasteiger partial charge < -0.3 is 4.90 Å². The molecule has 0 aromatic carbocycles. The number of hydrogen-bond acceptors (Lipinski definition) is 3. The van der Waals surface area contributed by atoms with Gasteiger partial charge >= 0.3 is 0 Å². The maximum atomic E-state index is 11.1. The lowest BCUT2D eigenvalue weighted by Crippen LogP contribution is -2.55. The third kappa shape index (κ3) is 3.07. The molecule has 1 fully saturated rings. The smallest absolute Gasteiger partial charge is 0.143 e. The quantitative estimate of drug-likeness (QED) is 0.671. The third-order valence-electron chi connectivity index (χ3n) is 2.93. The number of ketones is 1. The summed E-state index contributed by atoms with van der Waals surface area (Å²) in [7, 11) is 2.15. The minimum Gasteiger partial charge on any atom is -0.304 e. The first-order chi connectivity index (χ1) is 6.50. The molecule has 1 aliphatic rings. The Morgan fingerprint density at radius 1 is 1.43 bits per heavy atom. The van der Waals surface area contributed by atoms with E-state index in [0.717, 1.165) is 19.6 Å². The van der Waals surface area contributed by atoms with E-state index in [4.69, 9.17) is 0 Å². The summed E-state index contributed by atoms with van der Waals surface area (Å²) in [6.45, 7) is 9.96. The zero-order valence-corrected chi connectivity index (χ0v) is 9.79. The molecule has 0 aromatic rings. The van der Waals surface area contributed by atoms with Gasteiger partial charge in [-0.25, -0.2) is 0 Å². The van der Waals surface area contributed by atoms with Gasteiger partial charge in [-0.15, -0.1) is 0 Å². The highest BCUT2D eigenvalue weighted by atomic mass is 16.1. The number of likely N-dealkylation sites (N-methyl/N-ethyl adjacent to an activating group) is 1. The number of rotatable bonds is 3. The van der Waals surface area contributed by atoms with E-state index in [2.05, 4.69) is 30.7 Å². The van der Waals surface area contributed by atoms with Crippen molar-refractivity contribution >= 4 is 5.78 Å². The van der Waals surface area contributed by atoms with Gasteiger partial charge in [0.2, 0.25) is 0 Å². The van der Waals surface area contributed by atoms with Crippen molar-refractivity contribution in [3.63, 3.8) is 0 Å². The van der Waals surface area contributed by atoms with E-state index in [1.807, 2.05) is 0 Å². The average Bonchev–Trinajstić information content (AvgIpc) is 2.07. The molecule has 1 atom stereocenters. The molecule has 0 radical (unpaired) electrons. The fourth-order valence-electron chi connectivity index (χ4n) is 2.11. The molecule has 3 heteroatoms. The summed E-state index contributed by atoms with van der Waals surface area (Å²) in [6.07, 6.45) is 0. The Balaban J connectivity index is 2.58. The minimum absolute atomic E-state index is 0.278. The topological polar surface area (TPSA) is 23.6 Å². The fourth-order valence-corrected chi connectivity index (χ4v) is 2.11. The maximum Gasteiger partial charge on any atom is 0.143 e. The number of Topliss-reactive ketones (excluding diaryl/α,β-unsaturated/α-hetero) is 1. The van der Waals surface area contributed by atoms with Gasteiger partial charge in [0, 0.05) is 25.7 Å². The molecule has 0 saturated carbocycles. The number of carbonyl (C=O) groups is 1. The summed E-state index contributed by atoms with van der Waals surface area (Å²) in [4.78, 5) is 15.8. The summed E-state index contributed by atoms with van der Waals surface area (Å²) in [5, 5.41) is 0. The lowest BCUT2D eigenvalue weighted by Gasteiger charge is -2.41. The Morgan fingerprint density at radius 3 is 2.57 bits per heavy atom. The number of carbonyl (C=O) groups excluding carboxylic acids is 1. The molecule has 1 aliphatic heterocycles. The number of piperazine rings is 1. The van der Waals surface area contributed by atoms with Gasteiger partial charge in [-0.2, -0.15) is 0 Å². The summed E-state index contributed by atoms with van der Waals surface area (Å²) in [5.41, 5.74) is 0. The second kappa shape index (κ2) is 4.89. The highest BCUT2D eigenvalue weighted by molar-refractivity contribution is 5.77. The minimum atomic E-state index is 0.278. The van der Waals surface area contributed by atoms with Crippen LogP contribution in [0.25, 0.3) is 0 Å². The van der Waals surface area contributed by atoms with Crippen LogP contribution < -0.4 is 0 Å². The van der Waals surface area contributed by atoms with Crippen molar-refractivity contribution in [2.45, 2.75) is 26.8 Å².